The first-order chi connectivity index (χ1) is 25.3. The molecule has 3 aromatic rings. The summed E-state index contributed by atoms with van der Waals surface area (Å²) >= 11 is 12.6. The van der Waals surface area contributed by atoms with Gasteiger partial charge in [-0.05, 0) is 93.6 Å². The number of fused-ring (bicyclic) bond motifs is 1. The zero-order valence-corrected chi connectivity index (χ0v) is 30.6. The molecule has 284 valence electrons. The van der Waals surface area contributed by atoms with Gasteiger partial charge in [0.2, 0.25) is 10.0 Å². The van der Waals surface area contributed by atoms with E-state index in [0.29, 0.717) is 22.6 Å². The average molecular weight is 798 g/mol. The smallest absolute Gasteiger partial charge is 0.387 e. The Balaban J connectivity index is 1.18. The van der Waals surface area contributed by atoms with Gasteiger partial charge in [0.1, 0.15) is 22.7 Å². The second-order valence-corrected chi connectivity index (χ2v) is 15.8. The topological polar surface area (TPSA) is 158 Å². The van der Waals surface area contributed by atoms with Crippen molar-refractivity contribution in [3.63, 3.8) is 0 Å². The van der Waals surface area contributed by atoms with Crippen molar-refractivity contribution in [2.24, 2.45) is 5.92 Å². The molecule has 2 amide bonds. The summed E-state index contributed by atoms with van der Waals surface area (Å²) in [5.41, 5.74) is 0.426. The first-order valence-electron chi connectivity index (χ1n) is 17.0. The van der Waals surface area contributed by atoms with Crippen LogP contribution < -0.4 is 18.9 Å². The van der Waals surface area contributed by atoms with E-state index in [9.17, 15) is 36.8 Å². The van der Waals surface area contributed by atoms with Gasteiger partial charge in [-0.3, -0.25) is 24.0 Å². The third-order valence-electron chi connectivity index (χ3n) is 9.07. The first-order valence-corrected chi connectivity index (χ1v) is 19.4. The maximum Gasteiger partial charge on any atom is 0.387 e. The lowest BCUT2D eigenvalue weighted by Gasteiger charge is -2.22. The minimum atomic E-state index is -3.75. The van der Waals surface area contributed by atoms with Crippen molar-refractivity contribution in [3.8, 4) is 11.5 Å². The van der Waals surface area contributed by atoms with Gasteiger partial charge in [0.05, 0.1) is 23.5 Å². The SMILES string of the molecule is O=C(CN1C(=O)c2ccc(NS(=O)(=O)CCCN3CCCC3)cc2C1=O)O[C@@H](Cc1c(Cl)c[n+]([O-])cc1Cl)c1ccc(OC(F)F)c(OCC2CC2)c1. The molecule has 2 fully saturated rings. The quantitative estimate of drug-likeness (QED) is 0.0816. The molecule has 18 heteroatoms. The number of carbonyl (C=O) groups is 3. The number of likely N-dealkylation sites (tertiary alicyclic amines) is 1. The summed E-state index contributed by atoms with van der Waals surface area (Å²) in [6, 6.07) is 7.88. The Morgan fingerprint density at radius 3 is 2.38 bits per heavy atom. The summed E-state index contributed by atoms with van der Waals surface area (Å²) in [6.07, 6.45) is 5.12. The van der Waals surface area contributed by atoms with Crippen LogP contribution in [0.2, 0.25) is 10.0 Å². The number of rotatable bonds is 17. The Kier molecular flexibility index (Phi) is 11.9. The van der Waals surface area contributed by atoms with E-state index in [1.807, 2.05) is 0 Å². The van der Waals surface area contributed by atoms with Gasteiger partial charge in [0.15, 0.2) is 23.9 Å². The normalized spacial score (nSPS) is 16.6. The van der Waals surface area contributed by atoms with Crippen LogP contribution in [0.3, 0.4) is 0 Å². The van der Waals surface area contributed by atoms with Crippen LogP contribution in [0.5, 0.6) is 11.5 Å². The van der Waals surface area contributed by atoms with E-state index in [0.717, 1.165) is 51.2 Å². The standard InChI is InChI=1S/C35H36Cl2F2N4O9S/c36-27-17-42(47)18-28(37)26(27)16-30(22-6-9-29(52-35(38)39)31(14-22)50-20-21-4-5-21)51-32(44)19-43-33(45)24-8-7-23(15-25(24)34(43)46)40-53(48,49)13-3-12-41-10-1-2-11-41/h6-9,14-15,17-18,21,30,35,40H,1-5,10-13,16,19-20H2/t30-/m0/s1. The van der Waals surface area contributed by atoms with Crippen LogP contribution in [0.1, 0.15) is 70.1 Å². The lowest BCUT2D eigenvalue weighted by atomic mass is 10.0. The van der Waals surface area contributed by atoms with Crippen molar-refractivity contribution in [2.75, 3.05) is 43.3 Å². The van der Waals surface area contributed by atoms with Gasteiger partial charge in [-0.2, -0.15) is 13.5 Å². The Labute approximate surface area is 314 Å². The molecule has 1 saturated carbocycles. The molecule has 6 rings (SSSR count). The van der Waals surface area contributed by atoms with Crippen molar-refractivity contribution in [1.29, 1.82) is 0 Å². The van der Waals surface area contributed by atoms with Crippen LogP contribution in [0.4, 0.5) is 14.5 Å². The van der Waals surface area contributed by atoms with Gasteiger partial charge < -0.3 is 24.3 Å². The highest BCUT2D eigenvalue weighted by atomic mass is 35.5. The van der Waals surface area contributed by atoms with Gasteiger partial charge in [-0.25, -0.2) is 8.42 Å². The summed E-state index contributed by atoms with van der Waals surface area (Å²) in [5, 5.41) is 11.8. The lowest BCUT2D eigenvalue weighted by molar-refractivity contribution is -0.605. The molecule has 1 atom stereocenters. The molecular weight excluding hydrogens is 761 g/mol. The summed E-state index contributed by atoms with van der Waals surface area (Å²) in [7, 11) is -3.75. The van der Waals surface area contributed by atoms with Crippen molar-refractivity contribution in [1.82, 2.24) is 9.80 Å². The first kappa shape index (κ1) is 38.5. The largest absolute Gasteiger partial charge is 0.619 e. The second-order valence-electron chi connectivity index (χ2n) is 13.1. The van der Waals surface area contributed by atoms with Crippen LogP contribution in [0.15, 0.2) is 48.8 Å². The molecule has 2 aromatic carbocycles. The fourth-order valence-electron chi connectivity index (χ4n) is 6.20. The van der Waals surface area contributed by atoms with Gasteiger partial charge in [0, 0.05) is 17.7 Å². The Morgan fingerprint density at radius 2 is 1.70 bits per heavy atom. The number of amides is 2. The predicted molar refractivity (Wildman–Crippen MR) is 189 cm³/mol. The van der Waals surface area contributed by atoms with E-state index >= 15 is 0 Å². The number of esters is 1. The number of sulfonamides is 1. The number of pyridine rings is 1. The highest BCUT2D eigenvalue weighted by Gasteiger charge is 2.38. The molecule has 1 saturated heterocycles. The minimum Gasteiger partial charge on any atom is -0.619 e. The number of carbonyl (C=O) groups excluding carboxylic acids is 3. The van der Waals surface area contributed by atoms with Crippen LogP contribution in [0.25, 0.3) is 0 Å². The molecule has 2 aliphatic heterocycles. The Hall–Kier alpha value is -4.25. The van der Waals surface area contributed by atoms with Crippen molar-refractivity contribution < 1.29 is 50.5 Å². The number of benzene rings is 2. The number of nitrogens with zero attached hydrogens (tertiary/aromatic N) is 3. The number of nitrogens with one attached hydrogen (secondary N) is 1. The lowest BCUT2D eigenvalue weighted by Crippen LogP contribution is -2.36. The van der Waals surface area contributed by atoms with E-state index in [-0.39, 0.29) is 74.2 Å². The summed E-state index contributed by atoms with van der Waals surface area (Å²) in [6.45, 7) is -1.17. The number of aromatic nitrogens is 1. The monoisotopic (exact) mass is 796 g/mol. The molecule has 3 aliphatic rings. The van der Waals surface area contributed by atoms with Crippen molar-refractivity contribution >= 4 is 56.7 Å². The van der Waals surface area contributed by atoms with Crippen LogP contribution in [-0.2, 0) is 26.0 Å². The number of hydrogen-bond acceptors (Lipinski definition) is 10. The number of ether oxygens (including phenoxy) is 3. The zero-order chi connectivity index (χ0) is 37.9. The molecule has 1 aromatic heterocycles. The molecule has 0 unspecified atom stereocenters. The molecule has 0 bridgehead atoms. The highest BCUT2D eigenvalue weighted by molar-refractivity contribution is 7.92. The van der Waals surface area contributed by atoms with Crippen LogP contribution in [-0.4, -0.2) is 81.2 Å². The minimum absolute atomic E-state index is 0.0304. The number of imide groups is 1. The summed E-state index contributed by atoms with van der Waals surface area (Å²) in [4.78, 5) is 43.0. The molecule has 0 spiro atoms. The number of hydrogen-bond donors (Lipinski definition) is 1. The van der Waals surface area contributed by atoms with Gasteiger partial charge in [-0.15, -0.1) is 0 Å². The molecule has 13 nitrogen and oxygen atoms in total. The third kappa shape index (κ3) is 9.85. The van der Waals surface area contributed by atoms with Crippen molar-refractivity contribution in [2.45, 2.75) is 51.2 Å². The van der Waals surface area contributed by atoms with Crippen molar-refractivity contribution in [3.05, 3.63) is 86.3 Å². The maximum atomic E-state index is 13.5. The van der Waals surface area contributed by atoms with Gasteiger partial charge >= 0.3 is 12.6 Å². The van der Waals surface area contributed by atoms with E-state index in [1.165, 1.54) is 36.4 Å². The van der Waals surface area contributed by atoms with Gasteiger partial charge in [0.25, 0.3) is 11.8 Å². The van der Waals surface area contributed by atoms with Crippen LogP contribution >= 0.6 is 23.2 Å². The van der Waals surface area contributed by atoms with Crippen LogP contribution in [0, 0.1) is 11.1 Å². The van der Waals surface area contributed by atoms with E-state index in [4.69, 9.17) is 32.7 Å². The average Bonchev–Trinajstić information content (AvgIpc) is 3.72. The second kappa shape index (κ2) is 16.4. The van der Waals surface area contributed by atoms with E-state index in [2.05, 4.69) is 14.4 Å². The molecule has 0 radical (unpaired) electrons. The van der Waals surface area contributed by atoms with E-state index in [1.54, 1.807) is 0 Å². The molecule has 53 heavy (non-hydrogen) atoms. The summed E-state index contributed by atoms with van der Waals surface area (Å²) in [5.74, 6) is -2.81. The Bertz CT molecular complexity index is 1970. The summed E-state index contributed by atoms with van der Waals surface area (Å²) < 4.78 is 71.0. The number of halogens is 4. The highest BCUT2D eigenvalue weighted by Crippen LogP contribution is 2.38. The molecular formula is C35H36Cl2F2N4O9S. The fraction of sp³-hybridized carbons (Fsp3) is 0.429. The molecule has 1 N–H and O–H groups in total. The van der Waals surface area contributed by atoms with E-state index < -0.39 is 47.1 Å². The zero-order valence-electron chi connectivity index (χ0n) is 28.3. The number of anilines is 1. The molecule has 1 aliphatic carbocycles. The molecule has 3 heterocycles. The maximum absolute atomic E-state index is 13.5. The third-order valence-corrected chi connectivity index (χ3v) is 11.1. The predicted octanol–water partition coefficient (Wildman–Crippen LogP) is 5.37. The Morgan fingerprint density at radius 1 is 1.00 bits per heavy atom. The van der Waals surface area contributed by atoms with Gasteiger partial charge in [-0.1, -0.05) is 29.3 Å². The fourth-order valence-corrected chi connectivity index (χ4v) is 7.90. The number of alkyl halides is 2.